The minimum absolute atomic E-state index is 0.0180. The summed E-state index contributed by atoms with van der Waals surface area (Å²) in [4.78, 5) is 19.4. The lowest BCUT2D eigenvalue weighted by atomic mass is 9.79. The molecule has 2 unspecified atom stereocenters. The molecule has 2 atom stereocenters. The molecule has 0 saturated carbocycles. The highest BCUT2D eigenvalue weighted by molar-refractivity contribution is 5.79. The Balaban J connectivity index is 1.21. The molecule has 1 N–H and O–H groups in total. The zero-order valence-electron chi connectivity index (χ0n) is 19.5. The lowest BCUT2D eigenvalue weighted by molar-refractivity contribution is -0.138. The highest BCUT2D eigenvalue weighted by Crippen LogP contribution is 2.45. The van der Waals surface area contributed by atoms with Crippen LogP contribution in [0.5, 0.6) is 0 Å². The second-order valence-corrected chi connectivity index (χ2v) is 9.76. The summed E-state index contributed by atoms with van der Waals surface area (Å²) in [5, 5.41) is 11.5. The molecule has 1 aliphatic carbocycles. The average Bonchev–Trinajstić information content (AvgIpc) is 3.17. The Labute approximate surface area is 203 Å². The molecule has 1 amide bonds. The van der Waals surface area contributed by atoms with Crippen LogP contribution in [0, 0.1) is 12.7 Å². The van der Waals surface area contributed by atoms with Crippen LogP contribution < -0.4 is 0 Å². The molecule has 2 aliphatic heterocycles. The number of piperidine rings is 1. The fourth-order valence-electron chi connectivity index (χ4n) is 5.96. The first-order valence-electron chi connectivity index (χ1n) is 12.0. The van der Waals surface area contributed by atoms with Gasteiger partial charge in [0.05, 0.1) is 36.7 Å². The molecular formula is C28H27FN2O4. The van der Waals surface area contributed by atoms with E-state index in [0.29, 0.717) is 18.9 Å². The molecule has 2 aromatic carbocycles. The number of ether oxygens (including phenoxy) is 2. The van der Waals surface area contributed by atoms with Crippen molar-refractivity contribution in [1.29, 1.82) is 0 Å². The summed E-state index contributed by atoms with van der Waals surface area (Å²) in [5.41, 5.74) is 4.11. The average molecular weight is 475 g/mol. The standard InChI is InChI=1S/C28H27FN2O4/c1-17-25(29)10-11-26(30-17)28(33)12-18-14-34-15-19(13-28)31(18)27(32)35-16-24-22-8-4-2-6-20(22)21-7-3-5-9-23(21)24/h2-11,18-19,24,33H,12-16H2,1H3. The third kappa shape index (κ3) is 3.70. The molecule has 180 valence electrons. The highest BCUT2D eigenvalue weighted by Gasteiger charge is 2.50. The summed E-state index contributed by atoms with van der Waals surface area (Å²) in [6.45, 7) is 2.44. The molecule has 2 bridgehead atoms. The van der Waals surface area contributed by atoms with Crippen molar-refractivity contribution in [3.8, 4) is 11.1 Å². The van der Waals surface area contributed by atoms with Crippen molar-refractivity contribution in [3.05, 3.63) is 89.0 Å². The minimum atomic E-state index is -1.25. The van der Waals surface area contributed by atoms with Gasteiger partial charge in [-0.2, -0.15) is 0 Å². The maximum absolute atomic E-state index is 13.8. The van der Waals surface area contributed by atoms with Gasteiger partial charge in [-0.3, -0.25) is 9.88 Å². The van der Waals surface area contributed by atoms with Crippen LogP contribution >= 0.6 is 0 Å². The van der Waals surface area contributed by atoms with Gasteiger partial charge in [0.2, 0.25) is 0 Å². The van der Waals surface area contributed by atoms with Crippen molar-refractivity contribution >= 4 is 6.09 Å². The summed E-state index contributed by atoms with van der Waals surface area (Å²) < 4.78 is 25.4. The number of aromatic nitrogens is 1. The Hall–Kier alpha value is -3.29. The Morgan fingerprint density at radius 2 is 1.66 bits per heavy atom. The van der Waals surface area contributed by atoms with E-state index < -0.39 is 17.5 Å². The van der Waals surface area contributed by atoms with Gasteiger partial charge >= 0.3 is 6.09 Å². The molecule has 3 aromatic rings. The Kier molecular flexibility index (Phi) is 5.34. The number of pyridine rings is 1. The van der Waals surface area contributed by atoms with Crippen molar-refractivity contribution in [3.63, 3.8) is 0 Å². The third-order valence-corrected chi connectivity index (χ3v) is 7.60. The number of aryl methyl sites for hydroxylation is 1. The first-order chi connectivity index (χ1) is 16.9. The van der Waals surface area contributed by atoms with E-state index in [4.69, 9.17) is 9.47 Å². The van der Waals surface area contributed by atoms with E-state index in [1.807, 2.05) is 24.3 Å². The number of rotatable bonds is 3. The van der Waals surface area contributed by atoms with Crippen molar-refractivity contribution < 1.29 is 23.8 Å². The molecule has 0 radical (unpaired) electrons. The zero-order valence-corrected chi connectivity index (χ0v) is 19.5. The number of nitrogens with zero attached hydrogens (tertiary/aromatic N) is 2. The molecule has 2 fully saturated rings. The molecule has 6 nitrogen and oxygen atoms in total. The van der Waals surface area contributed by atoms with Crippen molar-refractivity contribution in [2.24, 2.45) is 0 Å². The van der Waals surface area contributed by atoms with Crippen LogP contribution in [0.25, 0.3) is 11.1 Å². The summed E-state index contributed by atoms with van der Waals surface area (Å²) in [5.74, 6) is -0.424. The number of hydrogen-bond acceptors (Lipinski definition) is 5. The normalized spacial score (nSPS) is 25.2. The fourth-order valence-corrected chi connectivity index (χ4v) is 5.96. The second kappa shape index (κ2) is 8.43. The second-order valence-electron chi connectivity index (χ2n) is 9.76. The number of amides is 1. The monoisotopic (exact) mass is 474 g/mol. The molecule has 3 aliphatic rings. The van der Waals surface area contributed by atoms with Crippen LogP contribution in [0.1, 0.15) is 41.3 Å². The number of aliphatic hydroxyl groups is 1. The van der Waals surface area contributed by atoms with Crippen molar-refractivity contribution in [2.45, 2.75) is 43.4 Å². The largest absolute Gasteiger partial charge is 0.448 e. The van der Waals surface area contributed by atoms with Gasteiger partial charge in [0.1, 0.15) is 18.0 Å². The van der Waals surface area contributed by atoms with Gasteiger partial charge in [0, 0.05) is 18.8 Å². The smallest absolute Gasteiger partial charge is 0.410 e. The first-order valence-corrected chi connectivity index (χ1v) is 12.0. The lowest BCUT2D eigenvalue weighted by Gasteiger charge is -2.50. The molecule has 35 heavy (non-hydrogen) atoms. The number of hydrogen-bond donors (Lipinski definition) is 1. The minimum Gasteiger partial charge on any atom is -0.448 e. The first kappa shape index (κ1) is 22.2. The molecule has 6 rings (SSSR count). The Bertz CT molecular complexity index is 1240. The Morgan fingerprint density at radius 3 is 2.26 bits per heavy atom. The number of carbonyl (C=O) groups excluding carboxylic acids is 1. The quantitative estimate of drug-likeness (QED) is 0.604. The Morgan fingerprint density at radius 1 is 1.06 bits per heavy atom. The summed E-state index contributed by atoms with van der Waals surface area (Å²) in [7, 11) is 0. The predicted octanol–water partition coefficient (Wildman–Crippen LogP) is 4.53. The topological polar surface area (TPSA) is 71.9 Å². The van der Waals surface area contributed by atoms with Crippen LogP contribution in [0.3, 0.4) is 0 Å². The zero-order chi connectivity index (χ0) is 24.2. The fraction of sp³-hybridized carbons (Fsp3) is 0.357. The van der Waals surface area contributed by atoms with E-state index in [1.165, 1.54) is 23.3 Å². The van der Waals surface area contributed by atoms with Crippen LogP contribution in [-0.4, -0.2) is 53.0 Å². The van der Waals surface area contributed by atoms with E-state index >= 15 is 0 Å². The van der Waals surface area contributed by atoms with Gasteiger partial charge in [-0.25, -0.2) is 9.18 Å². The molecule has 0 spiro atoms. The molecular weight excluding hydrogens is 447 g/mol. The van der Waals surface area contributed by atoms with Crippen LogP contribution in [-0.2, 0) is 15.1 Å². The molecule has 1 aromatic heterocycles. The van der Waals surface area contributed by atoms with E-state index in [9.17, 15) is 14.3 Å². The van der Waals surface area contributed by atoms with Gasteiger partial charge in [-0.15, -0.1) is 0 Å². The van der Waals surface area contributed by atoms with Crippen LogP contribution in [0.4, 0.5) is 9.18 Å². The third-order valence-electron chi connectivity index (χ3n) is 7.60. The molecule has 2 saturated heterocycles. The maximum atomic E-state index is 13.8. The van der Waals surface area contributed by atoms with Crippen molar-refractivity contribution in [2.75, 3.05) is 19.8 Å². The van der Waals surface area contributed by atoms with Crippen LogP contribution in [0.2, 0.25) is 0 Å². The van der Waals surface area contributed by atoms with E-state index in [0.717, 1.165) is 11.1 Å². The van der Waals surface area contributed by atoms with Crippen molar-refractivity contribution in [1.82, 2.24) is 9.88 Å². The SMILES string of the molecule is Cc1nc(C2(O)CC3COCC(C2)N3C(=O)OCC2c3ccccc3-c3ccccc32)ccc1F. The predicted molar refractivity (Wildman–Crippen MR) is 127 cm³/mol. The number of halogens is 1. The maximum Gasteiger partial charge on any atom is 0.410 e. The number of benzene rings is 2. The summed E-state index contributed by atoms with van der Waals surface area (Å²) in [6.07, 6.45) is 0.118. The summed E-state index contributed by atoms with van der Waals surface area (Å²) in [6, 6.07) is 18.6. The van der Waals surface area contributed by atoms with E-state index in [-0.39, 0.29) is 43.1 Å². The van der Waals surface area contributed by atoms with E-state index in [1.54, 1.807) is 11.8 Å². The highest BCUT2D eigenvalue weighted by atomic mass is 19.1. The van der Waals surface area contributed by atoms with Gasteiger partial charge in [0.15, 0.2) is 0 Å². The van der Waals surface area contributed by atoms with Gasteiger partial charge in [-0.1, -0.05) is 48.5 Å². The van der Waals surface area contributed by atoms with Gasteiger partial charge in [0.25, 0.3) is 0 Å². The van der Waals surface area contributed by atoms with Gasteiger partial charge in [-0.05, 0) is 41.3 Å². The number of morpholine rings is 1. The number of fused-ring (bicyclic) bond motifs is 5. The van der Waals surface area contributed by atoms with Crippen LogP contribution in [0.15, 0.2) is 60.7 Å². The summed E-state index contributed by atoms with van der Waals surface area (Å²) >= 11 is 0. The van der Waals surface area contributed by atoms with E-state index in [2.05, 4.69) is 29.2 Å². The van der Waals surface area contributed by atoms with Gasteiger partial charge < -0.3 is 14.6 Å². The molecule has 7 heteroatoms. The molecule has 3 heterocycles. The number of carbonyl (C=O) groups is 1. The lowest BCUT2D eigenvalue weighted by Crippen LogP contribution is -2.62.